The van der Waals surface area contributed by atoms with E-state index < -0.39 is 0 Å². The summed E-state index contributed by atoms with van der Waals surface area (Å²) in [6.07, 6.45) is 2.60. The highest BCUT2D eigenvalue weighted by atomic mass is 16.2. The van der Waals surface area contributed by atoms with Gasteiger partial charge in [-0.3, -0.25) is 4.79 Å². The Balaban J connectivity index is 1.97. The number of nitrogens with zero attached hydrogens (tertiary/aromatic N) is 1. The van der Waals surface area contributed by atoms with Gasteiger partial charge in [0.25, 0.3) is 0 Å². The highest BCUT2D eigenvalue weighted by Gasteiger charge is 2.35. The van der Waals surface area contributed by atoms with Gasteiger partial charge in [-0.1, -0.05) is 12.1 Å². The summed E-state index contributed by atoms with van der Waals surface area (Å²) in [5.74, 6) is 0.761. The second kappa shape index (κ2) is 3.32. The molecule has 2 aliphatic rings. The number of hydrogen-bond donors (Lipinski definition) is 1. The lowest BCUT2D eigenvalue weighted by Crippen LogP contribution is -2.31. The first kappa shape index (κ1) is 9.85. The molecule has 84 valence electrons. The third-order valence-electron chi connectivity index (χ3n) is 3.72. The minimum atomic E-state index is 0.211. The van der Waals surface area contributed by atoms with E-state index in [1.165, 1.54) is 11.1 Å². The van der Waals surface area contributed by atoms with Gasteiger partial charge in [0.15, 0.2) is 0 Å². The normalized spacial score (nSPS) is 27.9. The Morgan fingerprint density at radius 1 is 1.38 bits per heavy atom. The maximum absolute atomic E-state index is 11.5. The van der Waals surface area contributed by atoms with Crippen molar-refractivity contribution in [2.24, 2.45) is 5.73 Å². The van der Waals surface area contributed by atoms with E-state index in [1.807, 2.05) is 7.05 Å². The van der Waals surface area contributed by atoms with Crippen LogP contribution in [0.15, 0.2) is 18.2 Å². The molecule has 0 aromatic heterocycles. The van der Waals surface area contributed by atoms with Crippen LogP contribution >= 0.6 is 0 Å². The van der Waals surface area contributed by atoms with Gasteiger partial charge in [0.2, 0.25) is 5.91 Å². The number of amides is 1. The van der Waals surface area contributed by atoms with Crippen molar-refractivity contribution < 1.29 is 4.79 Å². The van der Waals surface area contributed by atoms with Crippen molar-refractivity contribution in [1.29, 1.82) is 0 Å². The monoisotopic (exact) mass is 216 g/mol. The SMILES string of the molecule is CN1C(=O)CCc2cc(C3CC3N)ccc21. The molecule has 1 aromatic rings. The third kappa shape index (κ3) is 1.43. The fourth-order valence-corrected chi connectivity index (χ4v) is 2.51. The van der Waals surface area contributed by atoms with Crippen molar-refractivity contribution in [1.82, 2.24) is 0 Å². The van der Waals surface area contributed by atoms with Crippen molar-refractivity contribution in [2.45, 2.75) is 31.2 Å². The van der Waals surface area contributed by atoms with E-state index in [0.717, 1.165) is 18.5 Å². The smallest absolute Gasteiger partial charge is 0.227 e. The van der Waals surface area contributed by atoms with Crippen molar-refractivity contribution in [3.8, 4) is 0 Å². The van der Waals surface area contributed by atoms with E-state index in [2.05, 4.69) is 18.2 Å². The van der Waals surface area contributed by atoms with Crippen molar-refractivity contribution in [2.75, 3.05) is 11.9 Å². The second-order valence-corrected chi connectivity index (χ2v) is 4.85. The molecule has 2 unspecified atom stereocenters. The maximum Gasteiger partial charge on any atom is 0.227 e. The zero-order valence-electron chi connectivity index (χ0n) is 9.44. The first-order valence-electron chi connectivity index (χ1n) is 5.82. The zero-order valence-corrected chi connectivity index (χ0v) is 9.44. The number of carbonyl (C=O) groups excluding carboxylic acids is 1. The van der Waals surface area contributed by atoms with Gasteiger partial charge < -0.3 is 10.6 Å². The average molecular weight is 216 g/mol. The highest BCUT2D eigenvalue weighted by molar-refractivity contribution is 5.95. The van der Waals surface area contributed by atoms with Crippen molar-refractivity contribution >= 4 is 11.6 Å². The number of nitrogens with two attached hydrogens (primary N) is 1. The Morgan fingerprint density at radius 2 is 2.12 bits per heavy atom. The van der Waals surface area contributed by atoms with Crippen molar-refractivity contribution in [3.05, 3.63) is 29.3 Å². The molecule has 3 rings (SSSR count). The zero-order chi connectivity index (χ0) is 11.3. The van der Waals surface area contributed by atoms with E-state index in [9.17, 15) is 4.79 Å². The first-order chi connectivity index (χ1) is 7.66. The molecule has 1 aliphatic carbocycles. The number of rotatable bonds is 1. The first-order valence-corrected chi connectivity index (χ1v) is 5.82. The summed E-state index contributed by atoms with van der Waals surface area (Å²) in [7, 11) is 1.85. The molecule has 1 fully saturated rings. The molecule has 3 nitrogen and oxygen atoms in total. The van der Waals surface area contributed by atoms with E-state index >= 15 is 0 Å². The van der Waals surface area contributed by atoms with Crippen LogP contribution in [0.5, 0.6) is 0 Å². The summed E-state index contributed by atoms with van der Waals surface area (Å²) in [6.45, 7) is 0. The van der Waals surface area contributed by atoms with Gasteiger partial charge in [0, 0.05) is 31.1 Å². The predicted octanol–water partition coefficient (Wildman–Crippen LogP) is 1.41. The minimum Gasteiger partial charge on any atom is -0.327 e. The van der Waals surface area contributed by atoms with Crippen LogP contribution in [-0.2, 0) is 11.2 Å². The molecule has 1 heterocycles. The predicted molar refractivity (Wildman–Crippen MR) is 63.5 cm³/mol. The lowest BCUT2D eigenvalue weighted by Gasteiger charge is -2.26. The fraction of sp³-hybridized carbons (Fsp3) is 0.462. The molecular weight excluding hydrogens is 200 g/mol. The molecule has 0 radical (unpaired) electrons. The molecule has 0 spiro atoms. The minimum absolute atomic E-state index is 0.211. The van der Waals surface area contributed by atoms with Crippen LogP contribution in [-0.4, -0.2) is 19.0 Å². The number of fused-ring (bicyclic) bond motifs is 1. The van der Waals surface area contributed by atoms with Gasteiger partial charge in [0.05, 0.1) is 0 Å². The van der Waals surface area contributed by atoms with Crippen LogP contribution in [0, 0.1) is 0 Å². The quantitative estimate of drug-likeness (QED) is 0.771. The van der Waals surface area contributed by atoms with Gasteiger partial charge >= 0.3 is 0 Å². The van der Waals surface area contributed by atoms with Gasteiger partial charge in [0.1, 0.15) is 0 Å². The molecule has 3 heteroatoms. The van der Waals surface area contributed by atoms with Crippen LogP contribution in [0.25, 0.3) is 0 Å². The van der Waals surface area contributed by atoms with Crippen LogP contribution in [0.2, 0.25) is 0 Å². The van der Waals surface area contributed by atoms with E-state index in [4.69, 9.17) is 5.73 Å². The number of anilines is 1. The van der Waals surface area contributed by atoms with Crippen LogP contribution < -0.4 is 10.6 Å². The van der Waals surface area contributed by atoms with Gasteiger partial charge in [-0.15, -0.1) is 0 Å². The van der Waals surface area contributed by atoms with Crippen LogP contribution in [0.3, 0.4) is 0 Å². The van der Waals surface area contributed by atoms with Gasteiger partial charge in [-0.05, 0) is 30.0 Å². The summed E-state index contributed by atoms with van der Waals surface area (Å²) >= 11 is 0. The van der Waals surface area contributed by atoms with Crippen LogP contribution in [0.4, 0.5) is 5.69 Å². The molecule has 2 N–H and O–H groups in total. The third-order valence-corrected chi connectivity index (χ3v) is 3.72. The Morgan fingerprint density at radius 3 is 2.81 bits per heavy atom. The maximum atomic E-state index is 11.5. The molecule has 2 atom stereocenters. The number of aryl methyl sites for hydroxylation is 1. The lowest BCUT2D eigenvalue weighted by atomic mass is 9.97. The largest absolute Gasteiger partial charge is 0.327 e. The molecular formula is C13H16N2O. The van der Waals surface area contributed by atoms with E-state index in [1.54, 1.807) is 4.90 Å². The molecule has 0 saturated heterocycles. The molecule has 16 heavy (non-hydrogen) atoms. The molecule has 1 aromatic carbocycles. The topological polar surface area (TPSA) is 46.3 Å². The van der Waals surface area contributed by atoms with Crippen molar-refractivity contribution in [3.63, 3.8) is 0 Å². The standard InChI is InChI=1S/C13H16N2O/c1-15-12-4-2-8(10-7-11(10)14)6-9(12)3-5-13(15)16/h2,4,6,10-11H,3,5,7,14H2,1H3. The van der Waals surface area contributed by atoms with E-state index in [-0.39, 0.29) is 5.91 Å². The Kier molecular flexibility index (Phi) is 2.04. The Labute approximate surface area is 95.2 Å². The number of benzene rings is 1. The molecule has 1 amide bonds. The average Bonchev–Trinajstić information content (AvgIpc) is 3.01. The summed E-state index contributed by atoms with van der Waals surface area (Å²) in [6, 6.07) is 6.76. The summed E-state index contributed by atoms with van der Waals surface area (Å²) in [5.41, 5.74) is 9.56. The van der Waals surface area contributed by atoms with E-state index in [0.29, 0.717) is 18.4 Å². The number of carbonyl (C=O) groups is 1. The highest BCUT2D eigenvalue weighted by Crippen LogP contribution is 2.41. The second-order valence-electron chi connectivity index (χ2n) is 4.85. The lowest BCUT2D eigenvalue weighted by molar-refractivity contribution is -0.118. The fourth-order valence-electron chi connectivity index (χ4n) is 2.51. The van der Waals surface area contributed by atoms with Crippen LogP contribution in [0.1, 0.15) is 29.9 Å². The van der Waals surface area contributed by atoms with Gasteiger partial charge in [-0.2, -0.15) is 0 Å². The summed E-state index contributed by atoms with van der Waals surface area (Å²) in [5, 5.41) is 0. The molecule has 1 aliphatic heterocycles. The molecule has 0 bridgehead atoms. The number of hydrogen-bond acceptors (Lipinski definition) is 2. The Hall–Kier alpha value is -1.35. The van der Waals surface area contributed by atoms with Gasteiger partial charge in [-0.25, -0.2) is 0 Å². The Bertz CT molecular complexity index is 455. The summed E-state index contributed by atoms with van der Waals surface area (Å²) in [4.78, 5) is 13.3. The molecule has 1 saturated carbocycles. The summed E-state index contributed by atoms with van der Waals surface area (Å²) < 4.78 is 0.